The molecule has 0 amide bonds. The molecule has 1 aromatic heterocycles. The van der Waals surface area contributed by atoms with Gasteiger partial charge in [-0.2, -0.15) is 0 Å². The van der Waals surface area contributed by atoms with Crippen LogP contribution in [0, 0.1) is 13.8 Å². The Morgan fingerprint density at radius 3 is 2.81 bits per heavy atom. The normalized spacial score (nSPS) is 10.1. The summed E-state index contributed by atoms with van der Waals surface area (Å²) in [4.78, 5) is 8.46. The molecule has 0 saturated carbocycles. The Kier molecular flexibility index (Phi) is 2.72. The Bertz CT molecular complexity index is 508. The van der Waals surface area contributed by atoms with Crippen LogP contribution in [-0.4, -0.2) is 9.97 Å². The number of nitrogens with zero attached hydrogens (tertiary/aromatic N) is 2. The van der Waals surface area contributed by atoms with Gasteiger partial charge in [-0.1, -0.05) is 6.07 Å². The zero-order chi connectivity index (χ0) is 11.5. The SMILES string of the molecule is Cc1ncc(C)c(Nc2cccc(N)c2)n1. The van der Waals surface area contributed by atoms with E-state index in [1.54, 1.807) is 6.20 Å². The molecule has 0 aliphatic heterocycles. The van der Waals surface area contributed by atoms with Crippen molar-refractivity contribution in [1.82, 2.24) is 9.97 Å². The maximum atomic E-state index is 5.71. The summed E-state index contributed by atoms with van der Waals surface area (Å²) in [6.45, 7) is 3.83. The second-order valence-corrected chi connectivity index (χ2v) is 3.70. The summed E-state index contributed by atoms with van der Waals surface area (Å²) in [5.74, 6) is 1.56. The van der Waals surface area contributed by atoms with Gasteiger partial charge in [0, 0.05) is 23.1 Å². The minimum Gasteiger partial charge on any atom is -0.399 e. The summed E-state index contributed by atoms with van der Waals surface area (Å²) in [6, 6.07) is 7.58. The molecule has 1 heterocycles. The molecule has 0 atom stereocenters. The number of nitrogens with two attached hydrogens (primary N) is 1. The van der Waals surface area contributed by atoms with Gasteiger partial charge in [-0.15, -0.1) is 0 Å². The molecule has 0 aliphatic carbocycles. The number of rotatable bonds is 2. The third-order valence-electron chi connectivity index (χ3n) is 2.24. The van der Waals surface area contributed by atoms with Crippen molar-refractivity contribution < 1.29 is 0 Å². The van der Waals surface area contributed by atoms with Crippen LogP contribution in [0.15, 0.2) is 30.5 Å². The van der Waals surface area contributed by atoms with Crippen LogP contribution in [0.25, 0.3) is 0 Å². The Morgan fingerprint density at radius 2 is 2.06 bits per heavy atom. The molecule has 2 rings (SSSR count). The monoisotopic (exact) mass is 214 g/mol. The lowest BCUT2D eigenvalue weighted by Gasteiger charge is -2.09. The lowest BCUT2D eigenvalue weighted by Crippen LogP contribution is -2.00. The number of nitrogens with one attached hydrogen (secondary N) is 1. The zero-order valence-electron chi connectivity index (χ0n) is 9.36. The fourth-order valence-corrected chi connectivity index (χ4v) is 1.41. The van der Waals surface area contributed by atoms with E-state index in [4.69, 9.17) is 5.73 Å². The molecule has 3 N–H and O–H groups in total. The van der Waals surface area contributed by atoms with Gasteiger partial charge in [0.2, 0.25) is 0 Å². The molecule has 0 saturated heterocycles. The van der Waals surface area contributed by atoms with Crippen LogP contribution in [0.2, 0.25) is 0 Å². The molecule has 2 aromatic rings. The highest BCUT2D eigenvalue weighted by molar-refractivity contribution is 5.62. The van der Waals surface area contributed by atoms with Gasteiger partial charge in [-0.05, 0) is 32.0 Å². The highest BCUT2D eigenvalue weighted by Gasteiger charge is 2.01. The average Bonchev–Trinajstić information content (AvgIpc) is 2.24. The van der Waals surface area contributed by atoms with Crippen LogP contribution >= 0.6 is 0 Å². The first-order valence-electron chi connectivity index (χ1n) is 5.08. The molecule has 82 valence electrons. The maximum absolute atomic E-state index is 5.71. The third kappa shape index (κ3) is 2.28. The van der Waals surface area contributed by atoms with Crippen LogP contribution in [-0.2, 0) is 0 Å². The van der Waals surface area contributed by atoms with Crippen LogP contribution < -0.4 is 11.1 Å². The molecule has 0 spiro atoms. The van der Waals surface area contributed by atoms with Crippen molar-refractivity contribution in [1.29, 1.82) is 0 Å². The second-order valence-electron chi connectivity index (χ2n) is 3.70. The van der Waals surface area contributed by atoms with E-state index >= 15 is 0 Å². The van der Waals surface area contributed by atoms with E-state index in [-0.39, 0.29) is 0 Å². The summed E-state index contributed by atoms with van der Waals surface area (Å²) in [5, 5.41) is 3.22. The fraction of sp³-hybridized carbons (Fsp3) is 0.167. The molecule has 4 heteroatoms. The molecule has 0 bridgehead atoms. The van der Waals surface area contributed by atoms with Crippen LogP contribution in [0.1, 0.15) is 11.4 Å². The number of aryl methyl sites for hydroxylation is 2. The molecule has 0 radical (unpaired) electrons. The van der Waals surface area contributed by atoms with Gasteiger partial charge in [-0.3, -0.25) is 0 Å². The molecular weight excluding hydrogens is 200 g/mol. The summed E-state index contributed by atoms with van der Waals surface area (Å²) in [6.07, 6.45) is 1.80. The number of aromatic nitrogens is 2. The maximum Gasteiger partial charge on any atom is 0.136 e. The Hall–Kier alpha value is -2.10. The lowest BCUT2D eigenvalue weighted by atomic mass is 10.2. The molecule has 1 aromatic carbocycles. The van der Waals surface area contributed by atoms with E-state index in [1.165, 1.54) is 0 Å². The van der Waals surface area contributed by atoms with Crippen molar-refractivity contribution >= 4 is 17.2 Å². The van der Waals surface area contributed by atoms with E-state index in [2.05, 4.69) is 15.3 Å². The van der Waals surface area contributed by atoms with E-state index in [0.717, 1.165) is 28.6 Å². The van der Waals surface area contributed by atoms with E-state index in [1.807, 2.05) is 38.1 Å². The van der Waals surface area contributed by atoms with E-state index in [9.17, 15) is 0 Å². The minimum absolute atomic E-state index is 0.730. The first-order valence-corrected chi connectivity index (χ1v) is 5.08. The molecule has 16 heavy (non-hydrogen) atoms. The minimum atomic E-state index is 0.730. The van der Waals surface area contributed by atoms with E-state index in [0.29, 0.717) is 0 Å². The van der Waals surface area contributed by atoms with Crippen molar-refractivity contribution in [3.05, 3.63) is 41.9 Å². The quantitative estimate of drug-likeness (QED) is 0.753. The molecule has 0 unspecified atom stereocenters. The van der Waals surface area contributed by atoms with Crippen molar-refractivity contribution in [3.8, 4) is 0 Å². The van der Waals surface area contributed by atoms with E-state index < -0.39 is 0 Å². The molecule has 0 aliphatic rings. The largest absolute Gasteiger partial charge is 0.399 e. The number of hydrogen-bond donors (Lipinski definition) is 2. The number of benzene rings is 1. The van der Waals surface area contributed by atoms with Gasteiger partial charge < -0.3 is 11.1 Å². The Morgan fingerprint density at radius 1 is 1.25 bits per heavy atom. The van der Waals surface area contributed by atoms with Crippen molar-refractivity contribution in [2.75, 3.05) is 11.1 Å². The van der Waals surface area contributed by atoms with Gasteiger partial charge in [0.05, 0.1) is 0 Å². The number of anilines is 3. The summed E-state index contributed by atoms with van der Waals surface area (Å²) < 4.78 is 0. The molecular formula is C12H14N4. The van der Waals surface area contributed by atoms with Crippen LogP contribution in [0.3, 0.4) is 0 Å². The number of hydrogen-bond acceptors (Lipinski definition) is 4. The number of nitrogen functional groups attached to an aromatic ring is 1. The average molecular weight is 214 g/mol. The summed E-state index contributed by atoms with van der Waals surface area (Å²) in [7, 11) is 0. The Labute approximate surface area is 94.5 Å². The van der Waals surface area contributed by atoms with Crippen molar-refractivity contribution in [3.63, 3.8) is 0 Å². The van der Waals surface area contributed by atoms with Gasteiger partial charge in [0.25, 0.3) is 0 Å². The first-order chi connectivity index (χ1) is 7.65. The first kappa shape index (κ1) is 10.4. The second kappa shape index (κ2) is 4.18. The fourth-order valence-electron chi connectivity index (χ4n) is 1.41. The van der Waals surface area contributed by atoms with Crippen LogP contribution in [0.4, 0.5) is 17.2 Å². The van der Waals surface area contributed by atoms with Crippen molar-refractivity contribution in [2.45, 2.75) is 13.8 Å². The highest BCUT2D eigenvalue weighted by atomic mass is 15.0. The molecule has 4 nitrogen and oxygen atoms in total. The standard InChI is InChI=1S/C12H14N4/c1-8-7-14-9(2)15-12(8)16-11-5-3-4-10(13)6-11/h3-7H,13H2,1-2H3,(H,14,15,16). The van der Waals surface area contributed by atoms with Gasteiger partial charge in [-0.25, -0.2) is 9.97 Å². The lowest BCUT2D eigenvalue weighted by molar-refractivity contribution is 1.04. The van der Waals surface area contributed by atoms with Gasteiger partial charge in [0.1, 0.15) is 11.6 Å². The molecule has 0 fully saturated rings. The predicted octanol–water partition coefficient (Wildman–Crippen LogP) is 2.42. The van der Waals surface area contributed by atoms with Gasteiger partial charge >= 0.3 is 0 Å². The third-order valence-corrected chi connectivity index (χ3v) is 2.24. The zero-order valence-corrected chi connectivity index (χ0v) is 9.36. The highest BCUT2D eigenvalue weighted by Crippen LogP contribution is 2.19. The smallest absolute Gasteiger partial charge is 0.136 e. The predicted molar refractivity (Wildman–Crippen MR) is 65.6 cm³/mol. The topological polar surface area (TPSA) is 63.8 Å². The van der Waals surface area contributed by atoms with Crippen molar-refractivity contribution in [2.24, 2.45) is 0 Å². The summed E-state index contributed by atoms with van der Waals surface area (Å²) >= 11 is 0. The Balaban J connectivity index is 2.30. The van der Waals surface area contributed by atoms with Gasteiger partial charge in [0.15, 0.2) is 0 Å². The van der Waals surface area contributed by atoms with Crippen LogP contribution in [0.5, 0.6) is 0 Å². The summed E-state index contributed by atoms with van der Waals surface area (Å²) in [5.41, 5.74) is 8.38.